The number of hydrogen-bond acceptors (Lipinski definition) is 0. The van der Waals surface area contributed by atoms with Gasteiger partial charge >= 0.3 is 0 Å². The monoisotopic (exact) mass is 282 g/mol. The predicted octanol–water partition coefficient (Wildman–Crippen LogP) is 4.85. The summed E-state index contributed by atoms with van der Waals surface area (Å²) < 4.78 is 0. The largest absolute Gasteiger partial charge is 0.0922 e. The van der Waals surface area contributed by atoms with Crippen molar-refractivity contribution in [3.8, 4) is 0 Å². The molecule has 0 N–H and O–H groups in total. The summed E-state index contributed by atoms with van der Waals surface area (Å²) in [5.41, 5.74) is 3.23. The molecule has 1 rings (SSSR count). The molecule has 0 nitrogen and oxygen atoms in total. The maximum atomic E-state index is 3.66. The lowest BCUT2D eigenvalue weighted by Gasteiger charge is -2.32. The van der Waals surface area contributed by atoms with Crippen LogP contribution in [0, 0.1) is 11.3 Å². The molecule has 0 aliphatic carbocycles. The van der Waals surface area contributed by atoms with Gasteiger partial charge in [-0.2, -0.15) is 0 Å². The van der Waals surface area contributed by atoms with Crippen LogP contribution in [0.2, 0.25) is 0 Å². The van der Waals surface area contributed by atoms with Gasteiger partial charge in [0.1, 0.15) is 0 Å². The highest BCUT2D eigenvalue weighted by atomic mass is 79.9. The van der Waals surface area contributed by atoms with Gasteiger partial charge in [0.2, 0.25) is 0 Å². The van der Waals surface area contributed by atoms with E-state index in [4.69, 9.17) is 0 Å². The average Bonchev–Trinajstić information content (AvgIpc) is 2.29. The highest BCUT2D eigenvalue weighted by Crippen LogP contribution is 2.33. The summed E-state index contributed by atoms with van der Waals surface area (Å²) in [5.74, 6) is 0.692. The molecular formula is C15H23Br. The third-order valence-corrected chi connectivity index (χ3v) is 5.02. The van der Waals surface area contributed by atoms with E-state index in [1.807, 2.05) is 0 Å². The summed E-state index contributed by atoms with van der Waals surface area (Å²) in [5, 5.41) is 1.06. The normalized spacial score (nSPS) is 15.1. The first-order chi connectivity index (χ1) is 7.51. The van der Waals surface area contributed by atoms with Crippen molar-refractivity contribution in [2.24, 2.45) is 11.3 Å². The second kappa shape index (κ2) is 5.86. The van der Waals surface area contributed by atoms with Crippen molar-refractivity contribution in [1.29, 1.82) is 0 Å². The molecule has 1 aromatic rings. The summed E-state index contributed by atoms with van der Waals surface area (Å²) in [6, 6.07) is 9.07. The van der Waals surface area contributed by atoms with Gasteiger partial charge in [-0.1, -0.05) is 67.9 Å². The van der Waals surface area contributed by atoms with Gasteiger partial charge in [-0.05, 0) is 35.3 Å². The predicted molar refractivity (Wildman–Crippen MR) is 76.3 cm³/mol. The average molecular weight is 283 g/mol. The maximum Gasteiger partial charge on any atom is 0.00909 e. The second-order valence-electron chi connectivity index (χ2n) is 5.29. The van der Waals surface area contributed by atoms with E-state index in [0.29, 0.717) is 11.3 Å². The van der Waals surface area contributed by atoms with Gasteiger partial charge in [0, 0.05) is 5.33 Å². The third kappa shape index (κ3) is 3.35. The van der Waals surface area contributed by atoms with Gasteiger partial charge in [0.15, 0.2) is 0 Å². The zero-order valence-corrected chi connectivity index (χ0v) is 12.5. The molecule has 0 heterocycles. The summed E-state index contributed by atoms with van der Waals surface area (Å²) >= 11 is 3.66. The van der Waals surface area contributed by atoms with Crippen molar-refractivity contribution in [3.05, 3.63) is 35.4 Å². The first kappa shape index (κ1) is 13.8. The molecule has 0 spiro atoms. The highest BCUT2D eigenvalue weighted by Gasteiger charge is 2.27. The van der Waals surface area contributed by atoms with E-state index in [1.165, 1.54) is 11.1 Å². The second-order valence-corrected chi connectivity index (χ2v) is 5.85. The van der Waals surface area contributed by atoms with Crippen LogP contribution in [0.1, 0.15) is 38.8 Å². The smallest absolute Gasteiger partial charge is 0.00909 e. The van der Waals surface area contributed by atoms with Gasteiger partial charge in [-0.25, -0.2) is 0 Å². The number of benzene rings is 1. The minimum absolute atomic E-state index is 0.355. The Labute approximate surface area is 109 Å². The highest BCUT2D eigenvalue weighted by molar-refractivity contribution is 9.09. The van der Waals surface area contributed by atoms with E-state index in [9.17, 15) is 0 Å². The molecule has 0 fully saturated rings. The summed E-state index contributed by atoms with van der Waals surface area (Å²) in [4.78, 5) is 0. The molecule has 90 valence electrons. The van der Waals surface area contributed by atoms with Gasteiger partial charge in [-0.15, -0.1) is 0 Å². The number of halogens is 1. The van der Waals surface area contributed by atoms with E-state index < -0.39 is 0 Å². The summed E-state index contributed by atoms with van der Waals surface area (Å²) in [6.45, 7) is 9.18. The van der Waals surface area contributed by atoms with Gasteiger partial charge in [0.25, 0.3) is 0 Å². The Hall–Kier alpha value is -0.300. The topological polar surface area (TPSA) is 0 Å². The SMILES string of the molecule is CCc1ccc(CC(C)(CBr)C(C)C)cc1. The van der Waals surface area contributed by atoms with Crippen LogP contribution in [0.25, 0.3) is 0 Å². The lowest BCUT2D eigenvalue weighted by molar-refractivity contribution is 0.258. The molecule has 16 heavy (non-hydrogen) atoms. The molecule has 0 radical (unpaired) electrons. The van der Waals surface area contributed by atoms with Gasteiger partial charge < -0.3 is 0 Å². The molecule has 1 atom stereocenters. The van der Waals surface area contributed by atoms with Gasteiger partial charge in [-0.3, -0.25) is 0 Å². The molecule has 1 aromatic carbocycles. The van der Waals surface area contributed by atoms with Crippen molar-refractivity contribution in [2.75, 3.05) is 5.33 Å². The fraction of sp³-hybridized carbons (Fsp3) is 0.600. The number of hydrogen-bond donors (Lipinski definition) is 0. The fourth-order valence-corrected chi connectivity index (χ4v) is 2.61. The molecule has 0 saturated heterocycles. The van der Waals surface area contributed by atoms with Crippen LogP contribution >= 0.6 is 15.9 Å². The van der Waals surface area contributed by atoms with Crippen LogP contribution in [-0.4, -0.2) is 5.33 Å². The maximum absolute atomic E-state index is 3.66. The first-order valence-corrected chi connectivity index (χ1v) is 7.27. The number of alkyl halides is 1. The van der Waals surface area contributed by atoms with Crippen LogP contribution in [0.5, 0.6) is 0 Å². The fourth-order valence-electron chi connectivity index (χ4n) is 1.76. The molecule has 1 heteroatoms. The quantitative estimate of drug-likeness (QED) is 0.678. The standard InChI is InChI=1S/C15H23Br/c1-5-13-6-8-14(9-7-13)10-15(4,11-16)12(2)3/h6-9,12H,5,10-11H2,1-4H3. The van der Waals surface area contributed by atoms with Crippen LogP contribution in [0.4, 0.5) is 0 Å². The van der Waals surface area contributed by atoms with Gasteiger partial charge in [0.05, 0.1) is 0 Å². The Morgan fingerprint density at radius 2 is 1.62 bits per heavy atom. The zero-order chi connectivity index (χ0) is 12.2. The molecule has 0 amide bonds. The van der Waals surface area contributed by atoms with E-state index in [1.54, 1.807) is 0 Å². The molecule has 0 saturated carbocycles. The molecule has 0 bridgehead atoms. The van der Waals surface area contributed by atoms with E-state index >= 15 is 0 Å². The van der Waals surface area contributed by atoms with E-state index in [-0.39, 0.29) is 0 Å². The zero-order valence-electron chi connectivity index (χ0n) is 10.9. The molecular weight excluding hydrogens is 260 g/mol. The van der Waals surface area contributed by atoms with E-state index in [0.717, 1.165) is 18.2 Å². The first-order valence-electron chi connectivity index (χ1n) is 6.15. The third-order valence-electron chi connectivity index (χ3n) is 3.74. The van der Waals surface area contributed by atoms with E-state index in [2.05, 4.69) is 67.9 Å². The van der Waals surface area contributed by atoms with Crippen LogP contribution in [0.3, 0.4) is 0 Å². The minimum atomic E-state index is 0.355. The Balaban J connectivity index is 2.78. The van der Waals surface area contributed by atoms with Crippen molar-refractivity contribution < 1.29 is 0 Å². The molecule has 0 aromatic heterocycles. The van der Waals surface area contributed by atoms with Crippen LogP contribution < -0.4 is 0 Å². The number of aryl methyl sites for hydroxylation is 1. The number of rotatable bonds is 5. The molecule has 0 aliphatic heterocycles. The Morgan fingerprint density at radius 1 is 1.12 bits per heavy atom. The Morgan fingerprint density at radius 3 is 2.00 bits per heavy atom. The summed E-state index contributed by atoms with van der Waals surface area (Å²) in [6.07, 6.45) is 2.28. The molecule has 1 unspecified atom stereocenters. The van der Waals surface area contributed by atoms with Crippen molar-refractivity contribution >= 4 is 15.9 Å². The lowest BCUT2D eigenvalue weighted by atomic mass is 9.76. The summed E-state index contributed by atoms with van der Waals surface area (Å²) in [7, 11) is 0. The Kier molecular flexibility index (Phi) is 5.04. The van der Waals surface area contributed by atoms with Crippen LogP contribution in [0.15, 0.2) is 24.3 Å². The Bertz CT molecular complexity index is 313. The van der Waals surface area contributed by atoms with Crippen molar-refractivity contribution in [1.82, 2.24) is 0 Å². The minimum Gasteiger partial charge on any atom is -0.0922 e. The van der Waals surface area contributed by atoms with Crippen molar-refractivity contribution in [3.63, 3.8) is 0 Å². The van der Waals surface area contributed by atoms with Crippen LogP contribution in [-0.2, 0) is 12.8 Å². The van der Waals surface area contributed by atoms with Crippen molar-refractivity contribution in [2.45, 2.75) is 40.5 Å². The lowest BCUT2D eigenvalue weighted by Crippen LogP contribution is -2.28. The molecule has 0 aliphatic rings.